The van der Waals surface area contributed by atoms with Gasteiger partial charge in [-0.05, 0) is 29.8 Å². The Balaban J connectivity index is 1.78. The summed E-state index contributed by atoms with van der Waals surface area (Å²) in [5.41, 5.74) is 0.140. The predicted octanol–water partition coefficient (Wildman–Crippen LogP) is 1.86. The average Bonchev–Trinajstić information content (AvgIpc) is 3.03. The number of benzene rings is 3. The topological polar surface area (TPSA) is 272 Å². The van der Waals surface area contributed by atoms with Gasteiger partial charge in [0.25, 0.3) is 0 Å². The molecule has 0 spiro atoms. The fourth-order valence-electron chi connectivity index (χ4n) is 5.14. The molecule has 4 rings (SSSR count). The van der Waals surface area contributed by atoms with Crippen LogP contribution in [0.3, 0.4) is 0 Å². The lowest BCUT2D eigenvalue weighted by atomic mass is 9.91. The van der Waals surface area contributed by atoms with Crippen LogP contribution in [0.25, 0.3) is 33.4 Å². The molecular weight excluding hydrogens is 660 g/mol. The minimum absolute atomic E-state index is 0.00527. The molecule has 17 nitrogen and oxygen atoms in total. The minimum Gasteiger partial charge on any atom is -0.506 e. The molecule has 0 bridgehead atoms. The Bertz CT molecular complexity index is 2050. The molecule has 0 unspecified atom stereocenters. The number of hydrogen-bond acceptors (Lipinski definition) is 13. The first-order chi connectivity index (χ1) is 23.8. The van der Waals surface area contributed by atoms with Gasteiger partial charge in [0.1, 0.15) is 60.2 Å². The van der Waals surface area contributed by atoms with E-state index < -0.39 is 61.2 Å². The lowest BCUT2D eigenvalue weighted by Gasteiger charge is -2.25. The first-order valence-corrected chi connectivity index (χ1v) is 14.6. The second kappa shape index (κ2) is 15.9. The lowest BCUT2D eigenvalue weighted by molar-refractivity contribution is -0.142. The standard InChI is InChI=1S/C33H28N4O13/c34-12-19-7-21-26(10-24(19)38)50-27-11-25(39)20(13-35)8-22(27)33(21)18-1-2-23(37(16-31(44)45)17-32(46)47)28(9-18)49-6-5-48-4-3-36(14-29(40)41)15-30(42)43/h1-2,7-11,38H,3-6,14-17H2,(H,40,41)(H,42,43)(H,44,45)(H,46,47). The van der Waals surface area contributed by atoms with Crippen LogP contribution < -0.4 is 15.1 Å². The van der Waals surface area contributed by atoms with Gasteiger partial charge in [-0.15, -0.1) is 0 Å². The number of nitrogens with zero attached hydrogens (tertiary/aromatic N) is 4. The van der Waals surface area contributed by atoms with Crippen molar-refractivity contribution in [1.29, 1.82) is 10.5 Å². The summed E-state index contributed by atoms with van der Waals surface area (Å²) in [6, 6.07) is 13.0. The summed E-state index contributed by atoms with van der Waals surface area (Å²) in [5, 5.41) is 66.9. The van der Waals surface area contributed by atoms with E-state index in [0.717, 1.165) is 15.9 Å². The van der Waals surface area contributed by atoms with Crippen molar-refractivity contribution in [2.75, 3.05) is 57.4 Å². The molecule has 17 heteroatoms. The van der Waals surface area contributed by atoms with E-state index in [9.17, 15) is 49.8 Å². The molecule has 258 valence electrons. The van der Waals surface area contributed by atoms with E-state index in [2.05, 4.69) is 0 Å². The smallest absolute Gasteiger partial charge is 0.323 e. The summed E-state index contributed by atoms with van der Waals surface area (Å²) in [4.78, 5) is 60.1. The molecule has 2 aliphatic rings. The molecule has 2 aromatic rings. The Morgan fingerprint density at radius 1 is 0.780 bits per heavy atom. The number of phenols is 1. The van der Waals surface area contributed by atoms with Gasteiger partial charge < -0.3 is 44.3 Å². The number of phenolic OH excluding ortho intramolecular Hbond substituents is 1. The molecule has 0 saturated heterocycles. The highest BCUT2D eigenvalue weighted by molar-refractivity contribution is 6.03. The first-order valence-electron chi connectivity index (χ1n) is 14.6. The maximum Gasteiger partial charge on any atom is 0.323 e. The van der Waals surface area contributed by atoms with Crippen LogP contribution in [0.15, 0.2) is 51.7 Å². The van der Waals surface area contributed by atoms with E-state index in [1.54, 1.807) is 0 Å². The highest BCUT2D eigenvalue weighted by Gasteiger charge is 2.24. The third-order valence-corrected chi connectivity index (χ3v) is 7.18. The fraction of sp³-hybridized carbons (Fsp3) is 0.242. The Kier molecular flexibility index (Phi) is 11.5. The van der Waals surface area contributed by atoms with Gasteiger partial charge in [0, 0.05) is 35.2 Å². The fourth-order valence-corrected chi connectivity index (χ4v) is 5.14. The van der Waals surface area contributed by atoms with E-state index in [4.69, 9.17) is 24.1 Å². The number of rotatable bonds is 17. The van der Waals surface area contributed by atoms with Crippen LogP contribution in [0.1, 0.15) is 11.1 Å². The van der Waals surface area contributed by atoms with Crippen molar-refractivity contribution >= 4 is 40.5 Å². The van der Waals surface area contributed by atoms with Crippen LogP contribution in [-0.2, 0) is 23.9 Å². The number of aliphatic carboxylic acids is 4. The van der Waals surface area contributed by atoms with Gasteiger partial charge >= 0.3 is 23.9 Å². The van der Waals surface area contributed by atoms with Gasteiger partial charge in [-0.3, -0.25) is 28.9 Å². The molecule has 0 fully saturated rings. The van der Waals surface area contributed by atoms with Crippen LogP contribution in [0, 0.1) is 22.7 Å². The molecule has 0 radical (unpaired) electrons. The van der Waals surface area contributed by atoms with Crippen LogP contribution in [0.5, 0.6) is 11.5 Å². The largest absolute Gasteiger partial charge is 0.506 e. The Morgan fingerprint density at radius 3 is 2.02 bits per heavy atom. The molecule has 0 amide bonds. The second-order valence-corrected chi connectivity index (χ2v) is 10.7. The maximum absolute atomic E-state index is 12.5. The van der Waals surface area contributed by atoms with Crippen molar-refractivity contribution in [3.8, 4) is 46.1 Å². The van der Waals surface area contributed by atoms with Crippen LogP contribution in [0.4, 0.5) is 5.69 Å². The highest BCUT2D eigenvalue weighted by atomic mass is 16.5. The van der Waals surface area contributed by atoms with Crippen molar-refractivity contribution in [2.45, 2.75) is 0 Å². The van der Waals surface area contributed by atoms with Crippen molar-refractivity contribution in [3.05, 3.63) is 63.8 Å². The zero-order valence-corrected chi connectivity index (χ0v) is 26.0. The van der Waals surface area contributed by atoms with Crippen LogP contribution >= 0.6 is 0 Å². The monoisotopic (exact) mass is 688 g/mol. The number of anilines is 1. The number of ether oxygens (including phenoxy) is 2. The summed E-state index contributed by atoms with van der Waals surface area (Å²) in [5.74, 6) is -5.47. The number of carbonyl (C=O) groups is 4. The molecule has 0 atom stereocenters. The third-order valence-electron chi connectivity index (χ3n) is 7.18. The SMILES string of the molecule is N#Cc1cc2c(-c3ccc(N(CC(=O)O)CC(=O)O)c(OCCOCCN(CC(=O)O)CC(=O)O)c3)c3cc(C#N)c(=O)cc-3oc2cc1O. The molecule has 0 aromatic heterocycles. The van der Waals surface area contributed by atoms with E-state index in [1.807, 2.05) is 12.1 Å². The van der Waals surface area contributed by atoms with Crippen molar-refractivity contribution < 1.29 is 58.6 Å². The number of carboxylic acids is 4. The van der Waals surface area contributed by atoms with Crippen molar-refractivity contribution in [3.63, 3.8) is 0 Å². The summed E-state index contributed by atoms with van der Waals surface area (Å²) in [6.45, 7) is -2.87. The molecular formula is C33H28N4O13. The highest BCUT2D eigenvalue weighted by Crippen LogP contribution is 2.44. The minimum atomic E-state index is -1.33. The maximum atomic E-state index is 12.5. The van der Waals surface area contributed by atoms with E-state index in [1.165, 1.54) is 36.4 Å². The summed E-state index contributed by atoms with van der Waals surface area (Å²) in [7, 11) is 0. The Labute approximate surface area is 281 Å². The Morgan fingerprint density at radius 2 is 1.42 bits per heavy atom. The van der Waals surface area contributed by atoms with E-state index in [-0.39, 0.29) is 71.2 Å². The normalized spacial score (nSPS) is 10.9. The van der Waals surface area contributed by atoms with Crippen LogP contribution in [-0.4, -0.2) is 107 Å². The second-order valence-electron chi connectivity index (χ2n) is 10.7. The molecule has 2 aromatic carbocycles. The summed E-state index contributed by atoms with van der Waals surface area (Å²) < 4.78 is 17.3. The first kappa shape index (κ1) is 36.2. The molecule has 0 saturated carbocycles. The quantitative estimate of drug-likeness (QED) is 0.0782. The van der Waals surface area contributed by atoms with Gasteiger partial charge in [-0.2, -0.15) is 10.5 Å². The molecule has 1 heterocycles. The number of aromatic hydroxyl groups is 1. The zero-order chi connectivity index (χ0) is 36.5. The van der Waals surface area contributed by atoms with E-state index in [0.29, 0.717) is 11.1 Å². The van der Waals surface area contributed by atoms with Gasteiger partial charge in [0.15, 0.2) is 5.43 Å². The number of hydrogen-bond donors (Lipinski definition) is 5. The van der Waals surface area contributed by atoms with Crippen LogP contribution in [0.2, 0.25) is 0 Å². The number of carboxylic acid groups (broad SMARTS) is 4. The van der Waals surface area contributed by atoms with Gasteiger partial charge in [0.2, 0.25) is 0 Å². The molecule has 1 aliphatic heterocycles. The summed E-state index contributed by atoms with van der Waals surface area (Å²) in [6.07, 6.45) is 0. The van der Waals surface area contributed by atoms with Gasteiger partial charge in [-0.1, -0.05) is 6.07 Å². The lowest BCUT2D eigenvalue weighted by Crippen LogP contribution is -2.37. The van der Waals surface area contributed by atoms with Crippen molar-refractivity contribution in [2.24, 2.45) is 0 Å². The summed E-state index contributed by atoms with van der Waals surface area (Å²) >= 11 is 0. The van der Waals surface area contributed by atoms with E-state index >= 15 is 0 Å². The molecule has 5 N–H and O–H groups in total. The van der Waals surface area contributed by atoms with Gasteiger partial charge in [0.05, 0.1) is 37.6 Å². The molecule has 1 aliphatic carbocycles. The van der Waals surface area contributed by atoms with Crippen molar-refractivity contribution in [1.82, 2.24) is 4.90 Å². The zero-order valence-electron chi connectivity index (χ0n) is 26.0. The number of nitriles is 2. The predicted molar refractivity (Wildman–Crippen MR) is 171 cm³/mol. The molecule has 50 heavy (non-hydrogen) atoms. The third kappa shape index (κ3) is 8.81. The number of fused-ring (bicyclic) bond motifs is 2. The Hall–Kier alpha value is -6.69. The average molecular weight is 689 g/mol. The van der Waals surface area contributed by atoms with Gasteiger partial charge in [-0.25, -0.2) is 0 Å².